The van der Waals surface area contributed by atoms with Gasteiger partial charge in [0.15, 0.2) is 5.78 Å². The van der Waals surface area contributed by atoms with E-state index in [1.807, 2.05) is 41.8 Å². The molecule has 0 atom stereocenters. The Morgan fingerprint density at radius 1 is 1.10 bits per heavy atom. The Hall–Kier alpha value is -2.55. The van der Waals surface area contributed by atoms with Crippen LogP contribution < -0.4 is 0 Å². The fourth-order valence-electron chi connectivity index (χ4n) is 2.76. The topological polar surface area (TPSA) is 42.2 Å². The number of carbonyl (C=O) groups excluding carboxylic acids is 1. The third kappa shape index (κ3) is 1.79. The van der Waals surface area contributed by atoms with Crippen LogP contribution in [-0.4, -0.2) is 15.5 Å². The molecule has 1 aromatic heterocycles. The maximum atomic E-state index is 11.9. The summed E-state index contributed by atoms with van der Waals surface area (Å²) in [6.07, 6.45) is 0. The average Bonchev–Trinajstić information content (AvgIpc) is 2.71. The first kappa shape index (κ1) is 12.5. The molecule has 1 heterocycles. The number of phenols is 1. The first-order valence-electron chi connectivity index (χ1n) is 6.50. The number of phenolic OH excluding ortho intramolecular Hbond substituents is 1. The van der Waals surface area contributed by atoms with Crippen LogP contribution in [0.4, 0.5) is 0 Å². The normalized spacial score (nSPS) is 10.9. The number of hydrogen-bond donors (Lipinski definition) is 1. The molecule has 3 heteroatoms. The number of Topliss-reactive ketones (excluding diaryl/α,β-unsaturated/α-hetero) is 1. The molecule has 0 saturated carbocycles. The van der Waals surface area contributed by atoms with Crippen molar-refractivity contribution in [3.63, 3.8) is 0 Å². The van der Waals surface area contributed by atoms with Gasteiger partial charge in [0.25, 0.3) is 0 Å². The van der Waals surface area contributed by atoms with Gasteiger partial charge in [0, 0.05) is 28.4 Å². The van der Waals surface area contributed by atoms with Crippen LogP contribution in [0.5, 0.6) is 5.75 Å². The summed E-state index contributed by atoms with van der Waals surface area (Å²) in [6.45, 7) is 3.50. The number of fused-ring (bicyclic) bond motifs is 1. The fraction of sp³-hybridized carbons (Fsp3) is 0.118. The van der Waals surface area contributed by atoms with Crippen LogP contribution in [-0.2, 0) is 0 Å². The third-order valence-electron chi connectivity index (χ3n) is 3.56. The molecule has 0 bridgehead atoms. The number of para-hydroxylation sites is 1. The smallest absolute Gasteiger partial charge is 0.162 e. The summed E-state index contributed by atoms with van der Waals surface area (Å²) in [5.41, 5.74) is 3.43. The number of aromatic nitrogens is 1. The van der Waals surface area contributed by atoms with Crippen LogP contribution in [0, 0.1) is 6.92 Å². The molecule has 100 valence electrons. The lowest BCUT2D eigenvalue weighted by Gasteiger charge is -2.08. The molecular weight excluding hydrogens is 250 g/mol. The molecule has 0 aliphatic carbocycles. The van der Waals surface area contributed by atoms with Crippen molar-refractivity contribution >= 4 is 16.7 Å². The van der Waals surface area contributed by atoms with Gasteiger partial charge in [0.05, 0.1) is 5.52 Å². The second kappa shape index (κ2) is 4.53. The monoisotopic (exact) mass is 265 g/mol. The molecule has 20 heavy (non-hydrogen) atoms. The molecule has 0 aliphatic heterocycles. The Bertz CT molecular complexity index is 801. The van der Waals surface area contributed by atoms with Crippen LogP contribution in [0.1, 0.15) is 23.0 Å². The van der Waals surface area contributed by atoms with E-state index >= 15 is 0 Å². The van der Waals surface area contributed by atoms with Gasteiger partial charge >= 0.3 is 0 Å². The maximum Gasteiger partial charge on any atom is 0.162 e. The molecule has 3 nitrogen and oxygen atoms in total. The lowest BCUT2D eigenvalue weighted by Crippen LogP contribution is -1.99. The van der Waals surface area contributed by atoms with Crippen molar-refractivity contribution in [1.29, 1.82) is 0 Å². The van der Waals surface area contributed by atoms with Gasteiger partial charge in [-0.2, -0.15) is 0 Å². The van der Waals surface area contributed by atoms with E-state index in [-0.39, 0.29) is 11.5 Å². The zero-order valence-electron chi connectivity index (χ0n) is 11.4. The van der Waals surface area contributed by atoms with Crippen molar-refractivity contribution < 1.29 is 9.90 Å². The molecule has 2 aromatic carbocycles. The third-order valence-corrected chi connectivity index (χ3v) is 3.56. The highest BCUT2D eigenvalue weighted by atomic mass is 16.3. The van der Waals surface area contributed by atoms with Gasteiger partial charge in [-0.3, -0.25) is 4.79 Å². The van der Waals surface area contributed by atoms with Crippen LogP contribution in [0.15, 0.2) is 48.5 Å². The lowest BCUT2D eigenvalue weighted by molar-refractivity contribution is 0.101. The highest BCUT2D eigenvalue weighted by Gasteiger charge is 2.18. The zero-order valence-corrected chi connectivity index (χ0v) is 11.4. The highest BCUT2D eigenvalue weighted by Crippen LogP contribution is 2.31. The molecule has 3 aromatic rings. The summed E-state index contributed by atoms with van der Waals surface area (Å²) in [4.78, 5) is 11.9. The number of aromatic hydroxyl groups is 1. The molecule has 0 saturated heterocycles. The average molecular weight is 265 g/mol. The van der Waals surface area contributed by atoms with Crippen molar-refractivity contribution in [1.82, 2.24) is 4.57 Å². The summed E-state index contributed by atoms with van der Waals surface area (Å²) >= 11 is 0. The quantitative estimate of drug-likeness (QED) is 0.715. The number of hydrogen-bond acceptors (Lipinski definition) is 2. The van der Waals surface area contributed by atoms with Crippen molar-refractivity contribution in [2.75, 3.05) is 0 Å². The minimum atomic E-state index is 0.0351. The second-order valence-electron chi connectivity index (χ2n) is 4.89. The van der Waals surface area contributed by atoms with Gasteiger partial charge in [-0.15, -0.1) is 0 Å². The van der Waals surface area contributed by atoms with E-state index in [0.29, 0.717) is 5.56 Å². The van der Waals surface area contributed by atoms with E-state index in [1.54, 1.807) is 25.1 Å². The van der Waals surface area contributed by atoms with Crippen molar-refractivity contribution in [3.8, 4) is 11.4 Å². The molecule has 0 aliphatic rings. The van der Waals surface area contributed by atoms with Crippen molar-refractivity contribution in [2.24, 2.45) is 0 Å². The largest absolute Gasteiger partial charge is 0.508 e. The standard InChI is InChI=1S/C17H15NO2/c1-11-17(12(2)19)15-9-8-14(20)10-16(15)18(11)13-6-4-3-5-7-13/h3-10,20H,1-2H3. The molecule has 0 radical (unpaired) electrons. The molecule has 0 spiro atoms. The van der Waals surface area contributed by atoms with E-state index < -0.39 is 0 Å². The van der Waals surface area contributed by atoms with Gasteiger partial charge in [0.2, 0.25) is 0 Å². The minimum absolute atomic E-state index is 0.0351. The Balaban J connectivity index is 2.45. The Morgan fingerprint density at radius 3 is 2.45 bits per heavy atom. The van der Waals surface area contributed by atoms with Crippen molar-refractivity contribution in [2.45, 2.75) is 13.8 Å². The highest BCUT2D eigenvalue weighted by molar-refractivity contribution is 6.09. The van der Waals surface area contributed by atoms with Gasteiger partial charge in [0.1, 0.15) is 5.75 Å². The van der Waals surface area contributed by atoms with Gasteiger partial charge < -0.3 is 9.67 Å². The summed E-state index contributed by atoms with van der Waals surface area (Å²) in [5.74, 6) is 0.232. The van der Waals surface area contributed by atoms with E-state index in [0.717, 1.165) is 22.3 Å². The number of carbonyl (C=O) groups is 1. The predicted molar refractivity (Wildman–Crippen MR) is 79.7 cm³/mol. The Kier molecular flexibility index (Phi) is 2.83. The summed E-state index contributed by atoms with van der Waals surface area (Å²) in [6, 6.07) is 14.9. The second-order valence-corrected chi connectivity index (χ2v) is 4.89. The van der Waals surface area contributed by atoms with Crippen LogP contribution in [0.2, 0.25) is 0 Å². The van der Waals surface area contributed by atoms with Crippen LogP contribution in [0.25, 0.3) is 16.6 Å². The number of rotatable bonds is 2. The van der Waals surface area contributed by atoms with Gasteiger partial charge in [-0.25, -0.2) is 0 Å². The summed E-state index contributed by atoms with van der Waals surface area (Å²) in [7, 11) is 0. The first-order chi connectivity index (χ1) is 9.59. The minimum Gasteiger partial charge on any atom is -0.508 e. The van der Waals surface area contributed by atoms with Crippen LogP contribution in [0.3, 0.4) is 0 Å². The van der Waals surface area contributed by atoms with E-state index in [1.165, 1.54) is 0 Å². The predicted octanol–water partition coefficient (Wildman–Crippen LogP) is 3.85. The van der Waals surface area contributed by atoms with E-state index in [4.69, 9.17) is 0 Å². The zero-order chi connectivity index (χ0) is 14.3. The molecule has 0 fully saturated rings. The SMILES string of the molecule is CC(=O)c1c(C)n(-c2ccccc2)c2cc(O)ccc12. The fourth-order valence-corrected chi connectivity index (χ4v) is 2.76. The first-order valence-corrected chi connectivity index (χ1v) is 6.50. The molecule has 0 unspecified atom stereocenters. The number of nitrogens with zero attached hydrogens (tertiary/aromatic N) is 1. The number of benzene rings is 2. The van der Waals surface area contributed by atoms with Gasteiger partial charge in [-0.05, 0) is 38.1 Å². The number of ketones is 1. The van der Waals surface area contributed by atoms with Gasteiger partial charge in [-0.1, -0.05) is 18.2 Å². The summed E-state index contributed by atoms with van der Waals surface area (Å²) in [5, 5.41) is 10.6. The molecular formula is C17H15NO2. The molecule has 1 N–H and O–H groups in total. The maximum absolute atomic E-state index is 11.9. The van der Waals surface area contributed by atoms with E-state index in [2.05, 4.69) is 0 Å². The Labute approximate surface area is 117 Å². The lowest BCUT2D eigenvalue weighted by atomic mass is 10.1. The molecule has 0 amide bonds. The summed E-state index contributed by atoms with van der Waals surface area (Å²) < 4.78 is 2.01. The van der Waals surface area contributed by atoms with E-state index in [9.17, 15) is 9.90 Å². The Morgan fingerprint density at radius 2 is 1.80 bits per heavy atom. The van der Waals surface area contributed by atoms with Crippen LogP contribution >= 0.6 is 0 Å². The molecule has 3 rings (SSSR count). The van der Waals surface area contributed by atoms with Crippen molar-refractivity contribution in [3.05, 3.63) is 59.8 Å².